The first-order valence-electron chi connectivity index (χ1n) is 15.2. The van der Waals surface area contributed by atoms with Gasteiger partial charge in [0, 0.05) is 59.2 Å². The van der Waals surface area contributed by atoms with E-state index in [0.29, 0.717) is 29.8 Å². The van der Waals surface area contributed by atoms with Crippen LogP contribution >= 0.6 is 0 Å². The Morgan fingerprint density at radius 1 is 1.09 bits per heavy atom. The van der Waals surface area contributed by atoms with Crippen molar-refractivity contribution in [2.45, 2.75) is 72.8 Å². The van der Waals surface area contributed by atoms with E-state index in [2.05, 4.69) is 19.2 Å². The van der Waals surface area contributed by atoms with Gasteiger partial charge in [0.2, 0.25) is 0 Å². The zero-order chi connectivity index (χ0) is 31.4. The van der Waals surface area contributed by atoms with Crippen molar-refractivity contribution < 1.29 is 24.5 Å². The van der Waals surface area contributed by atoms with Gasteiger partial charge in [-0.1, -0.05) is 13.8 Å². The van der Waals surface area contributed by atoms with E-state index in [1.807, 2.05) is 39.0 Å². The predicted molar refractivity (Wildman–Crippen MR) is 170 cm³/mol. The smallest absolute Gasteiger partial charge is 0.305 e. The van der Waals surface area contributed by atoms with Gasteiger partial charge in [-0.25, -0.2) is 15.0 Å². The van der Waals surface area contributed by atoms with Crippen LogP contribution < -0.4 is 5.32 Å². The number of hydrogen-bond donors (Lipinski definition) is 3. The number of hydrogen-bond acceptors (Lipinski definition) is 9. The molecular weight excluding hydrogens is 556 g/mol. The highest BCUT2D eigenvalue weighted by atomic mass is 16.5. The maximum Gasteiger partial charge on any atom is 0.305 e. The van der Waals surface area contributed by atoms with E-state index in [1.54, 1.807) is 0 Å². The molecule has 9 heteroatoms. The van der Waals surface area contributed by atoms with E-state index < -0.39 is 6.10 Å². The van der Waals surface area contributed by atoms with Crippen LogP contribution in [0.5, 0.6) is 0 Å². The number of aliphatic hydroxyl groups excluding tert-OH is 2. The lowest BCUT2D eigenvalue weighted by atomic mass is 9.86. The summed E-state index contributed by atoms with van der Waals surface area (Å²) in [5, 5.41) is 25.9. The van der Waals surface area contributed by atoms with Crippen molar-refractivity contribution in [1.82, 2.24) is 5.32 Å². The highest BCUT2D eigenvalue weighted by Crippen LogP contribution is 2.46. The van der Waals surface area contributed by atoms with Gasteiger partial charge in [-0.3, -0.25) is 4.79 Å². The van der Waals surface area contributed by atoms with Crippen LogP contribution in [0.25, 0.3) is 0 Å². The summed E-state index contributed by atoms with van der Waals surface area (Å²) in [5.74, 6) is -0.0469. The van der Waals surface area contributed by atoms with Crippen LogP contribution in [0.4, 0.5) is 0 Å². The number of rotatable bonds is 7. The van der Waals surface area contributed by atoms with E-state index >= 15 is 0 Å². The van der Waals surface area contributed by atoms with E-state index in [9.17, 15) is 19.8 Å². The largest absolute Gasteiger partial charge is 0.511 e. The Balaban J connectivity index is 1.60. The van der Waals surface area contributed by atoms with Crippen molar-refractivity contribution in [2.75, 3.05) is 7.11 Å². The van der Waals surface area contributed by atoms with Crippen LogP contribution in [0.15, 0.2) is 106 Å². The topological polar surface area (TPSA) is 133 Å². The Kier molecular flexibility index (Phi) is 7.61. The normalized spacial score (nSPS) is 24.8. The number of carbonyl (C=O) groups is 2. The van der Waals surface area contributed by atoms with E-state index in [1.165, 1.54) is 7.11 Å². The molecule has 3 atom stereocenters. The Bertz CT molecular complexity index is 1750. The SMILES string of the molecule is CCC1=C(C)C2=NC1=CC1=C(C)C3=C(O)CC(=C4NC(=CC5=NC(=C2)C(C(O)CC=O)=C5C)[C@@H](C)[C@@H]4CCC(=O)OC)C3=N1. The van der Waals surface area contributed by atoms with Gasteiger partial charge >= 0.3 is 5.97 Å². The third kappa shape index (κ3) is 4.70. The highest BCUT2D eigenvalue weighted by molar-refractivity contribution is 6.21. The summed E-state index contributed by atoms with van der Waals surface area (Å²) in [6.07, 6.45) is 7.48. The van der Waals surface area contributed by atoms with Gasteiger partial charge < -0.3 is 25.1 Å². The molecular formula is C35H38N4O5. The number of esters is 1. The van der Waals surface area contributed by atoms with E-state index in [-0.39, 0.29) is 36.4 Å². The predicted octanol–water partition coefficient (Wildman–Crippen LogP) is 5.56. The van der Waals surface area contributed by atoms with Gasteiger partial charge in [-0.15, -0.1) is 0 Å². The Morgan fingerprint density at radius 3 is 2.52 bits per heavy atom. The molecule has 0 amide bonds. The van der Waals surface area contributed by atoms with Crippen molar-refractivity contribution in [3.8, 4) is 0 Å². The average molecular weight is 595 g/mol. The molecule has 6 rings (SSSR count). The molecule has 0 aromatic rings. The third-order valence-electron chi connectivity index (χ3n) is 9.64. The van der Waals surface area contributed by atoms with Crippen molar-refractivity contribution in [1.29, 1.82) is 0 Å². The first-order valence-corrected chi connectivity index (χ1v) is 15.2. The highest BCUT2D eigenvalue weighted by Gasteiger charge is 2.41. The minimum atomic E-state index is -1.00. The van der Waals surface area contributed by atoms with Crippen LogP contribution in [0.2, 0.25) is 0 Å². The number of ether oxygens (including phenoxy) is 1. The Hall–Kier alpha value is -4.37. The second-order valence-corrected chi connectivity index (χ2v) is 12.1. The summed E-state index contributed by atoms with van der Waals surface area (Å²) in [7, 11) is 1.39. The van der Waals surface area contributed by atoms with Crippen LogP contribution in [-0.4, -0.2) is 52.8 Å². The van der Waals surface area contributed by atoms with E-state index in [4.69, 9.17) is 19.7 Å². The van der Waals surface area contributed by atoms with Crippen molar-refractivity contribution in [3.63, 3.8) is 0 Å². The molecule has 8 bridgehead atoms. The van der Waals surface area contributed by atoms with Gasteiger partial charge in [0.05, 0.1) is 47.4 Å². The molecule has 5 aliphatic heterocycles. The Labute approximate surface area is 257 Å². The second-order valence-electron chi connectivity index (χ2n) is 12.1. The number of methoxy groups -OCH3 is 1. The summed E-state index contributed by atoms with van der Waals surface area (Å²) >= 11 is 0. The monoisotopic (exact) mass is 594 g/mol. The number of aldehydes is 1. The third-order valence-corrected chi connectivity index (χ3v) is 9.64. The zero-order valence-corrected chi connectivity index (χ0v) is 26.0. The van der Waals surface area contributed by atoms with Gasteiger partial charge in [-0.05, 0) is 74.1 Å². The minimum Gasteiger partial charge on any atom is -0.511 e. The van der Waals surface area contributed by atoms with Crippen LogP contribution in [0, 0.1) is 11.8 Å². The molecule has 1 unspecified atom stereocenters. The van der Waals surface area contributed by atoms with Crippen LogP contribution in [-0.2, 0) is 14.3 Å². The number of fused-ring (bicyclic) bond motifs is 5. The molecule has 228 valence electrons. The summed E-state index contributed by atoms with van der Waals surface area (Å²) in [4.78, 5) is 38.7. The summed E-state index contributed by atoms with van der Waals surface area (Å²) in [6.45, 7) is 10.1. The van der Waals surface area contributed by atoms with Crippen LogP contribution in [0.3, 0.4) is 0 Å². The molecule has 6 aliphatic rings. The molecule has 1 aliphatic carbocycles. The fourth-order valence-electron chi connectivity index (χ4n) is 7.13. The molecule has 1 saturated heterocycles. The number of carbonyl (C=O) groups excluding carboxylic acids is 2. The minimum absolute atomic E-state index is 0.00811. The lowest BCUT2D eigenvalue weighted by Crippen LogP contribution is -2.16. The lowest BCUT2D eigenvalue weighted by molar-refractivity contribution is -0.140. The molecule has 0 saturated carbocycles. The number of nitrogens with one attached hydrogen (secondary N) is 1. The second kappa shape index (κ2) is 11.3. The molecule has 0 spiro atoms. The molecule has 0 radical (unpaired) electrons. The molecule has 0 aromatic carbocycles. The Morgan fingerprint density at radius 2 is 1.82 bits per heavy atom. The number of nitrogens with zero attached hydrogens (tertiary/aromatic N) is 3. The van der Waals surface area contributed by atoms with Gasteiger partial charge in [0.25, 0.3) is 0 Å². The van der Waals surface area contributed by atoms with Crippen LogP contribution in [0.1, 0.15) is 66.7 Å². The number of allylic oxidation sites excluding steroid dienone is 11. The standard InChI is InChI=1S/C35H38N4O5/c1-7-20-16(2)23-15-28-32(29(41)10-11-40)18(4)25(37-28)13-24-17(3)21(8-9-31(43)44-6)34(38-24)22-12-30(42)33-19(5)26(39-35(22)33)14-27(20)36-23/h11,13-15,17,21,29,38,41-42H,7-10,12H2,1-6H3/t17-,21-,29?/m0/s1. The number of aliphatic hydroxyl groups is 2. The summed E-state index contributed by atoms with van der Waals surface area (Å²) < 4.78 is 4.96. The van der Waals surface area contributed by atoms with Gasteiger partial charge in [0.1, 0.15) is 12.0 Å². The van der Waals surface area contributed by atoms with Crippen molar-refractivity contribution in [2.24, 2.45) is 26.8 Å². The van der Waals surface area contributed by atoms with Crippen molar-refractivity contribution >= 4 is 29.4 Å². The quantitative estimate of drug-likeness (QED) is 0.261. The van der Waals surface area contributed by atoms with Gasteiger partial charge in [0.15, 0.2) is 0 Å². The molecule has 44 heavy (non-hydrogen) atoms. The maximum absolute atomic E-state index is 12.2. The molecule has 1 fully saturated rings. The van der Waals surface area contributed by atoms with Crippen molar-refractivity contribution in [3.05, 3.63) is 91.5 Å². The van der Waals surface area contributed by atoms with Gasteiger partial charge in [-0.2, -0.15) is 0 Å². The first-order chi connectivity index (χ1) is 21.1. The molecule has 9 nitrogen and oxygen atoms in total. The fraction of sp³-hybridized carbons (Fsp3) is 0.400. The maximum atomic E-state index is 12.2. The fourth-order valence-corrected chi connectivity index (χ4v) is 7.13. The number of aliphatic imine (C=N–C) groups is 3. The van der Waals surface area contributed by atoms with E-state index in [0.717, 1.165) is 80.4 Å². The molecule has 3 N–H and O–H groups in total. The average Bonchev–Trinajstić information content (AvgIpc) is 3.74. The summed E-state index contributed by atoms with van der Waals surface area (Å²) in [6, 6.07) is 0. The molecule has 0 aromatic heterocycles. The zero-order valence-electron chi connectivity index (χ0n) is 26.0. The first kappa shape index (κ1) is 29.7. The summed E-state index contributed by atoms with van der Waals surface area (Å²) in [5.41, 5.74) is 12.3. The lowest BCUT2D eigenvalue weighted by Gasteiger charge is -2.17. The molecule has 5 heterocycles.